The van der Waals surface area contributed by atoms with E-state index in [2.05, 4.69) is 5.32 Å². The highest BCUT2D eigenvalue weighted by Crippen LogP contribution is 2.25. The van der Waals surface area contributed by atoms with E-state index in [1.807, 2.05) is 13.8 Å². The van der Waals surface area contributed by atoms with E-state index in [4.69, 9.17) is 5.11 Å². The van der Waals surface area contributed by atoms with E-state index < -0.39 is 11.4 Å². The van der Waals surface area contributed by atoms with Crippen LogP contribution in [-0.4, -0.2) is 28.6 Å². The van der Waals surface area contributed by atoms with Gasteiger partial charge < -0.3 is 15.5 Å². The monoisotopic (exact) mass is 279 g/mol. The van der Waals surface area contributed by atoms with Crippen LogP contribution in [0.25, 0.3) is 0 Å². The van der Waals surface area contributed by atoms with Crippen molar-refractivity contribution in [1.82, 2.24) is 5.32 Å². The molecule has 0 aliphatic rings. The Morgan fingerprint density at radius 2 is 1.70 bits per heavy atom. The van der Waals surface area contributed by atoms with Crippen LogP contribution in [0.15, 0.2) is 24.3 Å². The number of nitrogens with one attached hydrogen (secondary N) is 1. The third kappa shape index (κ3) is 3.98. The van der Waals surface area contributed by atoms with Crippen molar-refractivity contribution in [3.63, 3.8) is 0 Å². The van der Waals surface area contributed by atoms with Crippen LogP contribution in [-0.2, 0) is 16.0 Å². The predicted molar refractivity (Wildman–Crippen MR) is 75.5 cm³/mol. The van der Waals surface area contributed by atoms with Crippen LogP contribution in [0, 0.1) is 5.41 Å². The van der Waals surface area contributed by atoms with Crippen molar-refractivity contribution >= 4 is 11.9 Å². The van der Waals surface area contributed by atoms with Gasteiger partial charge in [0.25, 0.3) is 0 Å². The molecule has 5 nitrogen and oxygen atoms in total. The molecule has 1 aromatic rings. The molecule has 0 aliphatic heterocycles. The number of carboxylic acid groups (broad SMARTS) is 1. The van der Waals surface area contributed by atoms with Gasteiger partial charge >= 0.3 is 5.97 Å². The summed E-state index contributed by atoms with van der Waals surface area (Å²) < 4.78 is 0. The van der Waals surface area contributed by atoms with Crippen molar-refractivity contribution in [2.75, 3.05) is 6.54 Å². The number of aromatic hydroxyl groups is 1. The molecule has 0 bridgehead atoms. The zero-order valence-electron chi connectivity index (χ0n) is 11.8. The molecule has 110 valence electrons. The third-order valence-electron chi connectivity index (χ3n) is 3.73. The van der Waals surface area contributed by atoms with Gasteiger partial charge in [-0.05, 0) is 30.5 Å². The Morgan fingerprint density at radius 1 is 1.15 bits per heavy atom. The lowest BCUT2D eigenvalue weighted by atomic mass is 9.82. The molecular formula is C15H21NO4. The molecule has 0 atom stereocenters. The summed E-state index contributed by atoms with van der Waals surface area (Å²) in [5.41, 5.74) is -0.126. The van der Waals surface area contributed by atoms with Gasteiger partial charge in [-0.3, -0.25) is 9.59 Å². The van der Waals surface area contributed by atoms with Gasteiger partial charge in [0.2, 0.25) is 5.91 Å². The van der Waals surface area contributed by atoms with E-state index in [1.54, 1.807) is 12.1 Å². The molecule has 20 heavy (non-hydrogen) atoms. The molecule has 0 saturated heterocycles. The molecule has 1 rings (SSSR count). The lowest BCUT2D eigenvalue weighted by molar-refractivity contribution is -0.149. The van der Waals surface area contributed by atoms with E-state index in [0.717, 1.165) is 5.56 Å². The van der Waals surface area contributed by atoms with Crippen LogP contribution >= 0.6 is 0 Å². The number of rotatable bonds is 7. The van der Waals surface area contributed by atoms with Crippen molar-refractivity contribution in [1.29, 1.82) is 0 Å². The first-order valence-corrected chi connectivity index (χ1v) is 6.71. The number of hydrogen-bond donors (Lipinski definition) is 3. The second-order valence-electron chi connectivity index (χ2n) is 4.91. The summed E-state index contributed by atoms with van der Waals surface area (Å²) in [4.78, 5) is 23.1. The molecule has 0 fully saturated rings. The average molecular weight is 279 g/mol. The van der Waals surface area contributed by atoms with Gasteiger partial charge in [0.05, 0.1) is 11.8 Å². The maximum absolute atomic E-state index is 11.8. The van der Waals surface area contributed by atoms with Crippen LogP contribution in [0.4, 0.5) is 0 Å². The zero-order chi connectivity index (χ0) is 15.2. The van der Waals surface area contributed by atoms with Gasteiger partial charge in [0, 0.05) is 6.54 Å². The van der Waals surface area contributed by atoms with Crippen LogP contribution in [0.5, 0.6) is 5.75 Å². The lowest BCUT2D eigenvalue weighted by Crippen LogP contribution is -2.42. The topological polar surface area (TPSA) is 86.6 Å². The Kier molecular flexibility index (Phi) is 5.55. The first-order chi connectivity index (χ1) is 9.43. The fraction of sp³-hybridized carbons (Fsp3) is 0.467. The highest BCUT2D eigenvalue weighted by molar-refractivity contribution is 5.80. The third-order valence-corrected chi connectivity index (χ3v) is 3.73. The second kappa shape index (κ2) is 6.93. The number of carboxylic acids is 1. The molecule has 0 heterocycles. The number of phenolic OH excluding ortho intramolecular Hbond substituents is 1. The van der Waals surface area contributed by atoms with Crippen molar-refractivity contribution < 1.29 is 19.8 Å². The number of carbonyl (C=O) groups is 2. The normalized spacial score (nSPS) is 11.1. The van der Waals surface area contributed by atoms with Crippen LogP contribution in [0.3, 0.4) is 0 Å². The van der Waals surface area contributed by atoms with Crippen LogP contribution < -0.4 is 5.32 Å². The SMILES string of the molecule is CCC(CC)(CNC(=O)Cc1ccc(O)cc1)C(=O)O. The minimum Gasteiger partial charge on any atom is -0.508 e. The van der Waals surface area contributed by atoms with Gasteiger partial charge in [-0.15, -0.1) is 0 Å². The van der Waals surface area contributed by atoms with Crippen molar-refractivity contribution in [3.05, 3.63) is 29.8 Å². The maximum Gasteiger partial charge on any atom is 0.311 e. The number of phenols is 1. The molecule has 1 aromatic carbocycles. The van der Waals surface area contributed by atoms with E-state index in [-0.39, 0.29) is 24.6 Å². The highest BCUT2D eigenvalue weighted by Gasteiger charge is 2.34. The Hall–Kier alpha value is -2.04. The van der Waals surface area contributed by atoms with Gasteiger partial charge in [0.1, 0.15) is 5.75 Å². The smallest absolute Gasteiger partial charge is 0.311 e. The summed E-state index contributed by atoms with van der Waals surface area (Å²) in [6.07, 6.45) is 1.11. The average Bonchev–Trinajstić information content (AvgIpc) is 2.43. The molecule has 0 radical (unpaired) electrons. The minimum atomic E-state index is -0.898. The predicted octanol–water partition coefficient (Wildman–Crippen LogP) is 1.94. The summed E-state index contributed by atoms with van der Waals surface area (Å²) in [6, 6.07) is 6.36. The molecule has 0 saturated carbocycles. The molecule has 0 unspecified atom stereocenters. The molecule has 0 spiro atoms. The number of aliphatic carboxylic acids is 1. The Bertz CT molecular complexity index is 463. The van der Waals surface area contributed by atoms with Crippen LogP contribution in [0.2, 0.25) is 0 Å². The Balaban J connectivity index is 2.58. The molecule has 0 aromatic heterocycles. The number of hydrogen-bond acceptors (Lipinski definition) is 3. The van der Waals surface area contributed by atoms with Crippen molar-refractivity contribution in [2.45, 2.75) is 33.1 Å². The van der Waals surface area contributed by atoms with Gasteiger partial charge in [-0.1, -0.05) is 26.0 Å². The Morgan fingerprint density at radius 3 is 2.15 bits per heavy atom. The maximum atomic E-state index is 11.8. The highest BCUT2D eigenvalue weighted by atomic mass is 16.4. The van der Waals surface area contributed by atoms with Crippen molar-refractivity contribution in [3.8, 4) is 5.75 Å². The molecule has 3 N–H and O–H groups in total. The molecule has 0 aliphatic carbocycles. The largest absolute Gasteiger partial charge is 0.508 e. The number of benzene rings is 1. The van der Waals surface area contributed by atoms with Gasteiger partial charge in [-0.25, -0.2) is 0 Å². The fourth-order valence-electron chi connectivity index (χ4n) is 2.01. The van der Waals surface area contributed by atoms with E-state index in [9.17, 15) is 14.7 Å². The molecule has 5 heteroatoms. The first kappa shape index (κ1) is 16.0. The summed E-state index contributed by atoms with van der Waals surface area (Å²) in [6.45, 7) is 3.75. The second-order valence-corrected chi connectivity index (χ2v) is 4.91. The van der Waals surface area contributed by atoms with E-state index in [0.29, 0.717) is 12.8 Å². The lowest BCUT2D eigenvalue weighted by Gasteiger charge is -2.26. The standard InChI is InChI=1S/C15H21NO4/c1-3-15(4-2,14(19)20)10-16-13(18)9-11-5-7-12(17)8-6-11/h5-8,17H,3-4,9-10H2,1-2H3,(H,16,18)(H,19,20). The summed E-state index contributed by atoms with van der Waals surface area (Å²) in [5, 5.41) is 21.1. The summed E-state index contributed by atoms with van der Waals surface area (Å²) in [7, 11) is 0. The fourth-order valence-corrected chi connectivity index (χ4v) is 2.01. The van der Waals surface area contributed by atoms with Gasteiger partial charge in [-0.2, -0.15) is 0 Å². The first-order valence-electron chi connectivity index (χ1n) is 6.71. The van der Waals surface area contributed by atoms with E-state index in [1.165, 1.54) is 12.1 Å². The summed E-state index contributed by atoms with van der Waals surface area (Å²) >= 11 is 0. The van der Waals surface area contributed by atoms with E-state index >= 15 is 0 Å². The van der Waals surface area contributed by atoms with Gasteiger partial charge in [0.15, 0.2) is 0 Å². The minimum absolute atomic E-state index is 0.131. The number of amides is 1. The molecule has 1 amide bonds. The van der Waals surface area contributed by atoms with Crippen molar-refractivity contribution in [2.24, 2.45) is 5.41 Å². The Labute approximate surface area is 118 Å². The molecular weight excluding hydrogens is 258 g/mol. The zero-order valence-corrected chi connectivity index (χ0v) is 11.8. The quantitative estimate of drug-likeness (QED) is 0.712. The number of carbonyl (C=O) groups excluding carboxylic acids is 1. The van der Waals surface area contributed by atoms with Crippen LogP contribution in [0.1, 0.15) is 32.3 Å². The summed E-state index contributed by atoms with van der Waals surface area (Å²) in [5.74, 6) is -0.952.